The molecule has 1 N–H and O–H groups in total. The van der Waals surface area contributed by atoms with Crippen LogP contribution >= 0.6 is 23.1 Å². The first-order valence-corrected chi connectivity index (χ1v) is 18.1. The van der Waals surface area contributed by atoms with Crippen LogP contribution in [0.5, 0.6) is 0 Å². The second-order valence-corrected chi connectivity index (χ2v) is 14.0. The average Bonchev–Trinajstić information content (AvgIpc) is 3.85. The second-order valence-electron chi connectivity index (χ2n) is 11.8. The summed E-state index contributed by atoms with van der Waals surface area (Å²) >= 11 is 3.43. The SMILES string of the molecule is CSc1ccc(-c2ncnc3ccc(-c4cn(C(c5ccccc5)(c5ccccc5)c5ccccc5)nc4-c4ccc(C(=O)O)cc4)cc23)s1. The maximum Gasteiger partial charge on any atom is 0.335 e. The third kappa shape index (κ3) is 5.48. The number of thiophene rings is 1. The van der Waals surface area contributed by atoms with Gasteiger partial charge in [0.05, 0.1) is 25.9 Å². The molecule has 50 heavy (non-hydrogen) atoms. The predicted molar refractivity (Wildman–Crippen MR) is 203 cm³/mol. The highest BCUT2D eigenvalue weighted by Crippen LogP contribution is 2.44. The minimum atomic E-state index is -0.973. The van der Waals surface area contributed by atoms with E-state index in [1.54, 1.807) is 41.6 Å². The number of benzene rings is 5. The normalized spacial score (nSPS) is 11.5. The molecule has 0 aliphatic carbocycles. The monoisotopic (exact) mass is 686 g/mol. The Kier molecular flexibility index (Phi) is 8.32. The molecule has 8 rings (SSSR count). The van der Waals surface area contributed by atoms with E-state index in [2.05, 4.69) is 119 Å². The smallest absolute Gasteiger partial charge is 0.335 e. The lowest BCUT2D eigenvalue weighted by Gasteiger charge is -2.36. The zero-order chi connectivity index (χ0) is 34.1. The topological polar surface area (TPSA) is 80.9 Å². The molecule has 5 aromatic carbocycles. The number of nitrogens with zero attached hydrogens (tertiary/aromatic N) is 4. The van der Waals surface area contributed by atoms with Gasteiger partial charge in [0.15, 0.2) is 0 Å². The van der Waals surface area contributed by atoms with Crippen LogP contribution in [0.15, 0.2) is 162 Å². The number of rotatable bonds is 9. The van der Waals surface area contributed by atoms with Gasteiger partial charge in [-0.1, -0.05) is 109 Å². The van der Waals surface area contributed by atoms with Crippen molar-refractivity contribution in [2.24, 2.45) is 0 Å². The van der Waals surface area contributed by atoms with Crippen LogP contribution in [0, 0.1) is 0 Å². The van der Waals surface area contributed by atoms with Gasteiger partial charge in [-0.3, -0.25) is 4.68 Å². The van der Waals surface area contributed by atoms with Crippen molar-refractivity contribution in [2.75, 3.05) is 6.26 Å². The molecular weight excluding hydrogens is 657 g/mol. The van der Waals surface area contributed by atoms with Crippen molar-refractivity contribution in [1.82, 2.24) is 19.7 Å². The molecule has 6 nitrogen and oxygen atoms in total. The molecule has 0 bridgehead atoms. The molecule has 0 atom stereocenters. The number of thioether (sulfide) groups is 1. The van der Waals surface area contributed by atoms with Crippen molar-refractivity contribution in [3.05, 3.63) is 180 Å². The molecule has 0 aliphatic heterocycles. The molecule has 8 heteroatoms. The van der Waals surface area contributed by atoms with Crippen LogP contribution in [0.4, 0.5) is 0 Å². The van der Waals surface area contributed by atoms with Gasteiger partial charge in [0, 0.05) is 22.7 Å². The molecule has 0 spiro atoms. The van der Waals surface area contributed by atoms with E-state index in [0.29, 0.717) is 0 Å². The molecule has 0 saturated heterocycles. The Morgan fingerprint density at radius 1 is 0.700 bits per heavy atom. The van der Waals surface area contributed by atoms with E-state index in [9.17, 15) is 9.90 Å². The summed E-state index contributed by atoms with van der Waals surface area (Å²) in [6.45, 7) is 0. The fourth-order valence-corrected chi connectivity index (χ4v) is 8.21. The zero-order valence-electron chi connectivity index (χ0n) is 27.0. The molecule has 3 aromatic heterocycles. The van der Waals surface area contributed by atoms with Gasteiger partial charge in [-0.25, -0.2) is 14.8 Å². The Labute approximate surface area is 297 Å². The number of aromatic nitrogens is 4. The number of hydrogen-bond acceptors (Lipinski definition) is 6. The van der Waals surface area contributed by atoms with Crippen LogP contribution in [-0.4, -0.2) is 37.1 Å². The number of carboxylic acid groups (broad SMARTS) is 1. The first kappa shape index (κ1) is 31.4. The summed E-state index contributed by atoms with van der Waals surface area (Å²) in [6, 6.07) is 48.7. The Hall–Kier alpha value is -5.83. The Morgan fingerprint density at radius 3 is 1.86 bits per heavy atom. The van der Waals surface area contributed by atoms with E-state index in [1.807, 2.05) is 36.4 Å². The molecule has 0 fully saturated rings. The minimum Gasteiger partial charge on any atom is -0.478 e. The summed E-state index contributed by atoms with van der Waals surface area (Å²) in [5.74, 6) is -0.973. The van der Waals surface area contributed by atoms with Gasteiger partial charge in [-0.2, -0.15) is 5.10 Å². The lowest BCUT2D eigenvalue weighted by atomic mass is 9.77. The maximum absolute atomic E-state index is 11.8. The van der Waals surface area contributed by atoms with E-state index in [-0.39, 0.29) is 5.56 Å². The van der Waals surface area contributed by atoms with Crippen molar-refractivity contribution in [2.45, 2.75) is 9.75 Å². The molecular formula is C42H30N4O2S2. The summed E-state index contributed by atoms with van der Waals surface area (Å²) in [5.41, 5.74) is 7.64. The minimum absolute atomic E-state index is 0.218. The summed E-state index contributed by atoms with van der Waals surface area (Å²) in [7, 11) is 0. The second kappa shape index (κ2) is 13.2. The number of carboxylic acids is 1. The Bertz CT molecular complexity index is 2350. The molecule has 0 amide bonds. The van der Waals surface area contributed by atoms with Crippen LogP contribution in [-0.2, 0) is 5.54 Å². The van der Waals surface area contributed by atoms with Crippen molar-refractivity contribution in [3.63, 3.8) is 0 Å². The lowest BCUT2D eigenvalue weighted by Crippen LogP contribution is -2.38. The van der Waals surface area contributed by atoms with Gasteiger partial charge < -0.3 is 5.11 Å². The predicted octanol–water partition coefficient (Wildman–Crippen LogP) is 10.1. The summed E-state index contributed by atoms with van der Waals surface area (Å²) in [5, 5.41) is 16.1. The fourth-order valence-electron chi connectivity index (χ4n) is 6.65. The van der Waals surface area contributed by atoms with Crippen molar-refractivity contribution >= 4 is 40.0 Å². The van der Waals surface area contributed by atoms with Crippen LogP contribution in [0.2, 0.25) is 0 Å². The third-order valence-corrected chi connectivity index (χ3v) is 11.2. The molecule has 0 aliphatic rings. The molecule has 3 heterocycles. The number of hydrogen-bond donors (Lipinski definition) is 1. The molecule has 8 aromatic rings. The van der Waals surface area contributed by atoms with E-state index in [1.165, 1.54) is 4.21 Å². The van der Waals surface area contributed by atoms with E-state index < -0.39 is 11.5 Å². The van der Waals surface area contributed by atoms with Crippen LogP contribution in [0.25, 0.3) is 43.9 Å². The van der Waals surface area contributed by atoms with Gasteiger partial charge in [0.25, 0.3) is 0 Å². The van der Waals surface area contributed by atoms with Gasteiger partial charge in [-0.15, -0.1) is 23.1 Å². The van der Waals surface area contributed by atoms with Gasteiger partial charge >= 0.3 is 5.97 Å². The van der Waals surface area contributed by atoms with Gasteiger partial charge in [0.2, 0.25) is 0 Å². The van der Waals surface area contributed by atoms with Crippen molar-refractivity contribution in [3.8, 4) is 33.0 Å². The Morgan fingerprint density at radius 2 is 1.30 bits per heavy atom. The average molecular weight is 687 g/mol. The largest absolute Gasteiger partial charge is 0.478 e. The van der Waals surface area contributed by atoms with Crippen molar-refractivity contribution < 1.29 is 9.90 Å². The summed E-state index contributed by atoms with van der Waals surface area (Å²) < 4.78 is 3.29. The quantitative estimate of drug-likeness (QED) is 0.120. The van der Waals surface area contributed by atoms with Crippen LogP contribution in [0.3, 0.4) is 0 Å². The third-order valence-electron chi connectivity index (χ3n) is 9.00. The Balaban J connectivity index is 1.43. The van der Waals surface area contributed by atoms with Gasteiger partial charge in [0.1, 0.15) is 17.6 Å². The first-order chi connectivity index (χ1) is 24.6. The van der Waals surface area contributed by atoms with Crippen LogP contribution < -0.4 is 0 Å². The van der Waals surface area contributed by atoms with Crippen molar-refractivity contribution in [1.29, 1.82) is 0 Å². The van der Waals surface area contributed by atoms with E-state index >= 15 is 0 Å². The zero-order valence-corrected chi connectivity index (χ0v) is 28.6. The molecule has 0 unspecified atom stereocenters. The molecule has 0 saturated carbocycles. The molecule has 242 valence electrons. The number of carbonyl (C=O) groups is 1. The number of fused-ring (bicyclic) bond motifs is 1. The summed E-state index contributed by atoms with van der Waals surface area (Å²) in [4.78, 5) is 22.2. The maximum atomic E-state index is 11.8. The highest BCUT2D eigenvalue weighted by Gasteiger charge is 2.40. The van der Waals surface area contributed by atoms with Crippen LogP contribution in [0.1, 0.15) is 27.0 Å². The first-order valence-electron chi connectivity index (χ1n) is 16.1. The van der Waals surface area contributed by atoms with E-state index in [0.717, 1.165) is 60.5 Å². The highest BCUT2D eigenvalue weighted by atomic mass is 32.2. The van der Waals surface area contributed by atoms with E-state index in [4.69, 9.17) is 10.1 Å². The summed E-state index contributed by atoms with van der Waals surface area (Å²) in [6.07, 6.45) is 5.82. The lowest BCUT2D eigenvalue weighted by molar-refractivity contribution is 0.0697. The molecule has 0 radical (unpaired) electrons. The number of aromatic carboxylic acids is 1. The fraction of sp³-hybridized carbons (Fsp3) is 0.0476. The highest BCUT2D eigenvalue weighted by molar-refractivity contribution is 8.00. The standard InChI is InChI=1S/C42H30N4O2S2/c1-49-38-24-23-37(50-38)40-34-25-30(21-22-36(34)43-27-44-40)35-26-46(45-39(35)28-17-19-29(20-18-28)41(47)48)42(31-11-5-2-6-12-31,32-13-7-3-8-14-32)33-15-9-4-10-16-33/h2-27H,1H3,(H,47,48). The van der Waals surface area contributed by atoms with Gasteiger partial charge in [-0.05, 0) is 64.9 Å².